The van der Waals surface area contributed by atoms with E-state index in [0.29, 0.717) is 12.4 Å². The molecule has 0 radical (unpaired) electrons. The molecule has 5 nitrogen and oxygen atoms in total. The molecule has 3 aromatic rings. The molecule has 0 spiro atoms. The lowest BCUT2D eigenvalue weighted by Gasteiger charge is -2.14. The molecule has 0 aliphatic heterocycles. The van der Waals surface area contributed by atoms with Crippen molar-refractivity contribution in [1.29, 1.82) is 0 Å². The molecule has 0 aliphatic carbocycles. The summed E-state index contributed by atoms with van der Waals surface area (Å²) in [5.41, 5.74) is 4.30. The fourth-order valence-corrected chi connectivity index (χ4v) is 3.68. The van der Waals surface area contributed by atoms with Gasteiger partial charge in [0, 0.05) is 23.5 Å². The van der Waals surface area contributed by atoms with Gasteiger partial charge in [0.1, 0.15) is 5.75 Å². The van der Waals surface area contributed by atoms with Crippen molar-refractivity contribution in [3.8, 4) is 28.3 Å². The SMILES string of the molecule is CCCCCCCc1ccc(-c2ncc(-c3ccc(OC(C)C(=O)OCCC)cc3)cn2)cc1. The third-order valence-corrected chi connectivity index (χ3v) is 5.71. The average Bonchev–Trinajstić information content (AvgIpc) is 2.88. The highest BCUT2D eigenvalue weighted by atomic mass is 16.6. The van der Waals surface area contributed by atoms with Gasteiger partial charge in [0.05, 0.1) is 6.61 Å². The normalized spacial score (nSPS) is 11.7. The number of esters is 1. The highest BCUT2D eigenvalue weighted by molar-refractivity contribution is 5.74. The number of aryl methyl sites for hydroxylation is 1. The third kappa shape index (κ3) is 7.68. The van der Waals surface area contributed by atoms with Gasteiger partial charge in [0.2, 0.25) is 0 Å². The van der Waals surface area contributed by atoms with Crippen LogP contribution in [0, 0.1) is 0 Å². The molecule has 2 aromatic carbocycles. The van der Waals surface area contributed by atoms with Gasteiger partial charge in [-0.2, -0.15) is 0 Å². The second kappa shape index (κ2) is 13.5. The minimum absolute atomic E-state index is 0.352. The lowest BCUT2D eigenvalue weighted by atomic mass is 10.0. The maximum atomic E-state index is 11.9. The predicted molar refractivity (Wildman–Crippen MR) is 137 cm³/mol. The molecule has 0 aliphatic rings. The second-order valence-corrected chi connectivity index (χ2v) is 8.61. The molecule has 3 rings (SSSR count). The Kier molecular flexibility index (Phi) is 10.1. The van der Waals surface area contributed by atoms with E-state index < -0.39 is 6.10 Å². The zero-order chi connectivity index (χ0) is 24.2. The van der Waals surface area contributed by atoms with Crippen LogP contribution in [0.2, 0.25) is 0 Å². The minimum atomic E-state index is -0.646. The van der Waals surface area contributed by atoms with Crippen molar-refractivity contribution in [2.45, 2.75) is 71.8 Å². The number of ether oxygens (including phenoxy) is 2. The maximum absolute atomic E-state index is 11.9. The highest BCUT2D eigenvalue weighted by Gasteiger charge is 2.16. The first-order valence-electron chi connectivity index (χ1n) is 12.5. The first-order chi connectivity index (χ1) is 16.6. The second-order valence-electron chi connectivity index (χ2n) is 8.61. The van der Waals surface area contributed by atoms with Crippen molar-refractivity contribution in [2.75, 3.05) is 6.61 Å². The Labute approximate surface area is 203 Å². The van der Waals surface area contributed by atoms with Crippen LogP contribution in [0.4, 0.5) is 0 Å². The zero-order valence-electron chi connectivity index (χ0n) is 20.6. The van der Waals surface area contributed by atoms with Crippen molar-refractivity contribution in [3.63, 3.8) is 0 Å². The number of aromatic nitrogens is 2. The number of carbonyl (C=O) groups is 1. The van der Waals surface area contributed by atoms with Crippen LogP contribution in [0.1, 0.15) is 64.9 Å². The Morgan fingerprint density at radius 2 is 1.44 bits per heavy atom. The molecule has 0 saturated heterocycles. The van der Waals surface area contributed by atoms with Crippen LogP contribution in [-0.2, 0) is 16.0 Å². The van der Waals surface area contributed by atoms with E-state index in [1.807, 2.05) is 43.6 Å². The summed E-state index contributed by atoms with van der Waals surface area (Å²) < 4.78 is 10.8. The molecule has 0 saturated carbocycles. The van der Waals surface area contributed by atoms with Crippen molar-refractivity contribution >= 4 is 5.97 Å². The highest BCUT2D eigenvalue weighted by Crippen LogP contribution is 2.24. The summed E-state index contributed by atoms with van der Waals surface area (Å²) in [7, 11) is 0. The van der Waals surface area contributed by atoms with Crippen molar-refractivity contribution in [3.05, 3.63) is 66.5 Å². The summed E-state index contributed by atoms with van der Waals surface area (Å²) in [6.45, 7) is 6.31. The van der Waals surface area contributed by atoms with Crippen LogP contribution < -0.4 is 4.74 Å². The number of hydrogen-bond donors (Lipinski definition) is 0. The van der Waals surface area contributed by atoms with Gasteiger partial charge in [-0.1, -0.05) is 75.9 Å². The molecule has 1 aromatic heterocycles. The molecular weight excluding hydrogens is 424 g/mol. The Bertz CT molecular complexity index is 999. The molecule has 0 amide bonds. The van der Waals surface area contributed by atoms with E-state index >= 15 is 0 Å². The van der Waals surface area contributed by atoms with Crippen molar-refractivity contribution < 1.29 is 14.3 Å². The standard InChI is InChI=1S/C29H36N2O3/c1-4-6-7-8-9-10-23-11-13-25(14-12-23)28-30-20-26(21-31-28)24-15-17-27(18-16-24)34-22(3)29(32)33-19-5-2/h11-18,20-22H,4-10,19H2,1-3H3. The van der Waals surface area contributed by atoms with Gasteiger partial charge in [-0.25, -0.2) is 14.8 Å². The summed E-state index contributed by atoms with van der Waals surface area (Å²) in [6, 6.07) is 16.1. The summed E-state index contributed by atoms with van der Waals surface area (Å²) in [5, 5.41) is 0. The average molecular weight is 461 g/mol. The van der Waals surface area contributed by atoms with Gasteiger partial charge in [0.25, 0.3) is 0 Å². The van der Waals surface area contributed by atoms with Gasteiger partial charge < -0.3 is 9.47 Å². The Balaban J connectivity index is 1.55. The van der Waals surface area contributed by atoms with Crippen LogP contribution >= 0.6 is 0 Å². The van der Waals surface area contributed by atoms with Gasteiger partial charge in [-0.15, -0.1) is 0 Å². The fourth-order valence-electron chi connectivity index (χ4n) is 3.68. The number of rotatable bonds is 13. The molecule has 0 fully saturated rings. The Hall–Kier alpha value is -3.21. The van der Waals surface area contributed by atoms with Gasteiger partial charge >= 0.3 is 5.97 Å². The number of carbonyl (C=O) groups excluding carboxylic acids is 1. The van der Waals surface area contributed by atoms with Gasteiger partial charge in [0.15, 0.2) is 11.9 Å². The first kappa shape index (κ1) is 25.4. The van der Waals surface area contributed by atoms with Crippen LogP contribution in [0.3, 0.4) is 0 Å². The molecule has 1 heterocycles. The van der Waals surface area contributed by atoms with Crippen molar-refractivity contribution in [1.82, 2.24) is 9.97 Å². The van der Waals surface area contributed by atoms with Crippen LogP contribution in [0.5, 0.6) is 5.75 Å². The van der Waals surface area contributed by atoms with E-state index in [0.717, 1.165) is 35.4 Å². The number of hydrogen-bond acceptors (Lipinski definition) is 5. The van der Waals surface area contributed by atoms with E-state index in [4.69, 9.17) is 9.47 Å². The summed E-state index contributed by atoms with van der Waals surface area (Å²) in [4.78, 5) is 21.0. The van der Waals surface area contributed by atoms with Crippen molar-refractivity contribution in [2.24, 2.45) is 0 Å². The van der Waals surface area contributed by atoms with E-state index in [-0.39, 0.29) is 5.97 Å². The molecule has 5 heteroatoms. The lowest BCUT2D eigenvalue weighted by molar-refractivity contribution is -0.151. The first-order valence-corrected chi connectivity index (χ1v) is 12.5. The van der Waals surface area contributed by atoms with E-state index in [2.05, 4.69) is 41.2 Å². The maximum Gasteiger partial charge on any atom is 0.347 e. The smallest absolute Gasteiger partial charge is 0.347 e. The largest absolute Gasteiger partial charge is 0.479 e. The number of nitrogens with zero attached hydrogens (tertiary/aromatic N) is 2. The molecule has 0 bridgehead atoms. The summed E-state index contributed by atoms with van der Waals surface area (Å²) in [6.07, 6.45) is 11.4. The Morgan fingerprint density at radius 3 is 2.09 bits per heavy atom. The topological polar surface area (TPSA) is 61.3 Å². The van der Waals surface area contributed by atoms with Crippen LogP contribution in [-0.4, -0.2) is 28.6 Å². The molecular formula is C29H36N2O3. The Morgan fingerprint density at radius 1 is 0.794 bits per heavy atom. The van der Waals surface area contributed by atoms with Crippen LogP contribution in [0.25, 0.3) is 22.5 Å². The quantitative estimate of drug-likeness (QED) is 0.202. The van der Waals surface area contributed by atoms with E-state index in [1.54, 1.807) is 6.92 Å². The number of benzene rings is 2. The van der Waals surface area contributed by atoms with E-state index in [1.165, 1.54) is 37.7 Å². The third-order valence-electron chi connectivity index (χ3n) is 5.71. The van der Waals surface area contributed by atoms with Crippen LogP contribution in [0.15, 0.2) is 60.9 Å². The summed E-state index contributed by atoms with van der Waals surface area (Å²) in [5.74, 6) is 0.986. The number of unbranched alkanes of at least 4 members (excludes halogenated alkanes) is 4. The monoisotopic (exact) mass is 460 g/mol. The summed E-state index contributed by atoms with van der Waals surface area (Å²) >= 11 is 0. The zero-order valence-corrected chi connectivity index (χ0v) is 20.6. The minimum Gasteiger partial charge on any atom is -0.479 e. The van der Waals surface area contributed by atoms with E-state index in [9.17, 15) is 4.79 Å². The van der Waals surface area contributed by atoms with Gasteiger partial charge in [-0.05, 0) is 49.4 Å². The molecule has 180 valence electrons. The fraction of sp³-hybridized carbons (Fsp3) is 0.414. The lowest BCUT2D eigenvalue weighted by Crippen LogP contribution is -2.26. The van der Waals surface area contributed by atoms with Gasteiger partial charge in [-0.3, -0.25) is 0 Å². The molecule has 1 atom stereocenters. The molecule has 34 heavy (non-hydrogen) atoms. The predicted octanol–water partition coefficient (Wildman–Crippen LogP) is 7.04. The molecule has 1 unspecified atom stereocenters. The molecule has 0 N–H and O–H groups in total.